The summed E-state index contributed by atoms with van der Waals surface area (Å²) >= 11 is 8.03. The van der Waals surface area contributed by atoms with Crippen molar-refractivity contribution in [3.63, 3.8) is 0 Å². The molecule has 0 N–H and O–H groups in total. The van der Waals surface area contributed by atoms with Crippen LogP contribution in [0.5, 0.6) is 0 Å². The quantitative estimate of drug-likeness (QED) is 0.549. The summed E-state index contributed by atoms with van der Waals surface area (Å²) in [6, 6.07) is 3.78. The molecule has 1 saturated heterocycles. The molecule has 0 saturated carbocycles. The number of alkyl halides is 1. The standard InChI is InChI=1S/C15H18ClFIN3/c1-10(20-4-2-3-5-20)9-21-14-6-11(17)12(18)7-13(14)19-15(21)8-16/h6-7,10H,2-5,8-9H2,1H3. The molecule has 1 unspecified atom stereocenters. The van der Waals surface area contributed by atoms with Crippen LogP contribution in [0.25, 0.3) is 11.0 Å². The van der Waals surface area contributed by atoms with Gasteiger partial charge in [-0.3, -0.25) is 4.90 Å². The minimum atomic E-state index is -0.195. The molecule has 1 atom stereocenters. The smallest absolute Gasteiger partial charge is 0.138 e. The number of hydrogen-bond donors (Lipinski definition) is 0. The summed E-state index contributed by atoms with van der Waals surface area (Å²) in [4.78, 5) is 7.03. The second kappa shape index (κ2) is 6.38. The molecule has 1 aromatic heterocycles. The molecule has 3 rings (SSSR count). The van der Waals surface area contributed by atoms with Crippen LogP contribution in [0.4, 0.5) is 4.39 Å². The van der Waals surface area contributed by atoms with Crippen LogP contribution in [0.1, 0.15) is 25.6 Å². The van der Waals surface area contributed by atoms with Gasteiger partial charge in [-0.25, -0.2) is 9.37 Å². The number of hydrogen-bond acceptors (Lipinski definition) is 2. The van der Waals surface area contributed by atoms with Gasteiger partial charge >= 0.3 is 0 Å². The maximum atomic E-state index is 13.9. The Labute approximate surface area is 142 Å². The number of benzene rings is 1. The summed E-state index contributed by atoms with van der Waals surface area (Å²) in [7, 11) is 0. The molecular weight excluding hydrogens is 404 g/mol. The van der Waals surface area contributed by atoms with E-state index in [-0.39, 0.29) is 5.82 Å². The summed E-state index contributed by atoms with van der Waals surface area (Å²) in [5, 5.41) is 0. The Balaban J connectivity index is 1.97. The third-order valence-corrected chi connectivity index (χ3v) is 5.27. The molecule has 21 heavy (non-hydrogen) atoms. The molecule has 0 spiro atoms. The second-order valence-electron chi connectivity index (χ2n) is 5.62. The molecule has 114 valence electrons. The molecule has 2 aromatic rings. The average Bonchev–Trinajstić information content (AvgIpc) is 3.09. The third-order valence-electron chi connectivity index (χ3n) is 4.20. The van der Waals surface area contributed by atoms with E-state index in [1.807, 2.05) is 22.6 Å². The van der Waals surface area contributed by atoms with Crippen molar-refractivity contribution in [1.82, 2.24) is 14.5 Å². The zero-order valence-electron chi connectivity index (χ0n) is 12.0. The van der Waals surface area contributed by atoms with E-state index in [1.165, 1.54) is 12.8 Å². The highest BCUT2D eigenvalue weighted by Gasteiger charge is 2.21. The third kappa shape index (κ3) is 3.05. The zero-order chi connectivity index (χ0) is 15.0. The SMILES string of the molecule is CC(Cn1c(CCl)nc2cc(I)c(F)cc21)N1CCCC1. The summed E-state index contributed by atoms with van der Waals surface area (Å²) in [5.41, 5.74) is 1.67. The van der Waals surface area contributed by atoms with E-state index in [0.29, 0.717) is 15.5 Å². The van der Waals surface area contributed by atoms with Gasteiger partial charge in [0.25, 0.3) is 0 Å². The molecule has 6 heteroatoms. The Morgan fingerprint density at radius 2 is 2.10 bits per heavy atom. The number of nitrogens with zero attached hydrogens (tertiary/aromatic N) is 3. The van der Waals surface area contributed by atoms with E-state index in [9.17, 15) is 4.39 Å². The lowest BCUT2D eigenvalue weighted by molar-refractivity contribution is 0.236. The molecular formula is C15H18ClFIN3. The predicted molar refractivity (Wildman–Crippen MR) is 92.2 cm³/mol. The van der Waals surface area contributed by atoms with Crippen molar-refractivity contribution in [2.75, 3.05) is 13.1 Å². The van der Waals surface area contributed by atoms with Crippen LogP contribution in [0.2, 0.25) is 0 Å². The molecule has 2 heterocycles. The first-order valence-corrected chi connectivity index (χ1v) is 8.85. The highest BCUT2D eigenvalue weighted by atomic mass is 127. The van der Waals surface area contributed by atoms with Crippen molar-refractivity contribution in [2.24, 2.45) is 0 Å². The topological polar surface area (TPSA) is 21.1 Å². The van der Waals surface area contributed by atoms with E-state index >= 15 is 0 Å². The molecule has 0 amide bonds. The highest BCUT2D eigenvalue weighted by Crippen LogP contribution is 2.24. The molecule has 3 nitrogen and oxygen atoms in total. The van der Waals surface area contributed by atoms with Crippen molar-refractivity contribution in [3.05, 3.63) is 27.3 Å². The van der Waals surface area contributed by atoms with Crippen LogP contribution in [0.15, 0.2) is 12.1 Å². The van der Waals surface area contributed by atoms with Crippen LogP contribution >= 0.6 is 34.2 Å². The first-order valence-electron chi connectivity index (χ1n) is 7.24. The number of rotatable bonds is 4. The Bertz CT molecular complexity index is 652. The fourth-order valence-electron chi connectivity index (χ4n) is 3.04. The first kappa shape index (κ1) is 15.5. The molecule has 1 fully saturated rings. The molecule has 0 aliphatic carbocycles. The maximum absolute atomic E-state index is 13.9. The van der Waals surface area contributed by atoms with Crippen LogP contribution in [0, 0.1) is 9.39 Å². The van der Waals surface area contributed by atoms with Crippen molar-refractivity contribution in [3.8, 4) is 0 Å². The van der Waals surface area contributed by atoms with Gasteiger partial charge in [-0.1, -0.05) is 0 Å². The number of fused-ring (bicyclic) bond motifs is 1. The van der Waals surface area contributed by atoms with Crippen molar-refractivity contribution < 1.29 is 4.39 Å². The van der Waals surface area contributed by atoms with E-state index in [1.54, 1.807) is 12.1 Å². The number of imidazole rings is 1. The van der Waals surface area contributed by atoms with Gasteiger partial charge in [0.2, 0.25) is 0 Å². The molecule has 0 radical (unpaired) electrons. The average molecular weight is 422 g/mol. The van der Waals surface area contributed by atoms with E-state index in [0.717, 1.165) is 36.5 Å². The summed E-state index contributed by atoms with van der Waals surface area (Å²) in [5.74, 6) is 0.970. The molecule has 1 aliphatic rings. The summed E-state index contributed by atoms with van der Waals surface area (Å²) in [6.45, 7) is 5.32. The predicted octanol–water partition coefficient (Wildman–Crippen LogP) is 4.00. The van der Waals surface area contributed by atoms with E-state index < -0.39 is 0 Å². The van der Waals surface area contributed by atoms with Crippen molar-refractivity contribution >= 4 is 45.2 Å². The summed E-state index contributed by atoms with van der Waals surface area (Å²) < 4.78 is 16.6. The van der Waals surface area contributed by atoms with Gasteiger partial charge in [-0.15, -0.1) is 11.6 Å². The van der Waals surface area contributed by atoms with Crippen molar-refractivity contribution in [1.29, 1.82) is 0 Å². The molecule has 1 aromatic carbocycles. The largest absolute Gasteiger partial charge is 0.325 e. The monoisotopic (exact) mass is 421 g/mol. The van der Waals surface area contributed by atoms with Crippen LogP contribution in [-0.2, 0) is 12.4 Å². The Kier molecular flexibility index (Phi) is 4.71. The number of aromatic nitrogens is 2. The first-order chi connectivity index (χ1) is 10.1. The van der Waals surface area contributed by atoms with E-state index in [4.69, 9.17) is 11.6 Å². The lowest BCUT2D eigenvalue weighted by Crippen LogP contribution is -2.34. The van der Waals surface area contributed by atoms with Gasteiger partial charge in [0.15, 0.2) is 0 Å². The number of halogens is 3. The number of likely N-dealkylation sites (tertiary alicyclic amines) is 1. The molecule has 0 bridgehead atoms. The minimum absolute atomic E-state index is 0.195. The van der Waals surface area contributed by atoms with Gasteiger partial charge in [0.05, 0.1) is 20.5 Å². The van der Waals surface area contributed by atoms with E-state index in [2.05, 4.69) is 21.4 Å². The normalized spacial score (nSPS) is 17.7. The summed E-state index contributed by atoms with van der Waals surface area (Å²) in [6.07, 6.45) is 2.54. The zero-order valence-corrected chi connectivity index (χ0v) is 14.9. The maximum Gasteiger partial charge on any atom is 0.138 e. The second-order valence-corrected chi connectivity index (χ2v) is 7.05. The van der Waals surface area contributed by atoms with Gasteiger partial charge in [0.1, 0.15) is 11.6 Å². The Morgan fingerprint density at radius 3 is 2.76 bits per heavy atom. The Hall–Kier alpha value is -0.400. The fourth-order valence-corrected chi connectivity index (χ4v) is 3.69. The van der Waals surface area contributed by atoms with Crippen LogP contribution < -0.4 is 0 Å². The fraction of sp³-hybridized carbons (Fsp3) is 0.533. The minimum Gasteiger partial charge on any atom is -0.325 e. The van der Waals surface area contributed by atoms with Crippen molar-refractivity contribution in [2.45, 2.75) is 38.2 Å². The van der Waals surface area contributed by atoms with Gasteiger partial charge in [-0.05, 0) is 61.5 Å². The lowest BCUT2D eigenvalue weighted by atomic mass is 10.2. The van der Waals surface area contributed by atoms with Crippen LogP contribution in [0.3, 0.4) is 0 Å². The Morgan fingerprint density at radius 1 is 1.38 bits per heavy atom. The molecule has 1 aliphatic heterocycles. The van der Waals surface area contributed by atoms with Gasteiger partial charge in [0, 0.05) is 18.7 Å². The van der Waals surface area contributed by atoms with Crippen LogP contribution in [-0.4, -0.2) is 33.6 Å². The van der Waals surface area contributed by atoms with Gasteiger partial charge in [-0.2, -0.15) is 0 Å². The highest BCUT2D eigenvalue weighted by molar-refractivity contribution is 14.1. The van der Waals surface area contributed by atoms with Gasteiger partial charge < -0.3 is 4.57 Å². The lowest BCUT2D eigenvalue weighted by Gasteiger charge is -2.25.